The van der Waals surface area contributed by atoms with Crippen molar-refractivity contribution in [3.63, 3.8) is 0 Å². The number of quaternary nitrogens is 2. The number of hydrogen-bond acceptors (Lipinski definition) is 10. The van der Waals surface area contributed by atoms with Gasteiger partial charge in [0.05, 0.1) is 55.5 Å². The van der Waals surface area contributed by atoms with Crippen molar-refractivity contribution < 1.29 is 65.0 Å². The standard InChI is InChI=1S/C11H22NO6P.C10H20NO6P/c1-10(2)11(13)16-8-9-18-19(14,15)17-7-6-12(3,4)5;1-5-10(12)15-8-9-17-18(13,14)16-7-6-11(2,3)4/h1,6-9H2,2-5H3;5H,1,6-9H2,2-4H3/p+2. The Kier molecular flexibility index (Phi) is 18.3. The van der Waals surface area contributed by atoms with E-state index in [-0.39, 0.29) is 45.2 Å². The van der Waals surface area contributed by atoms with Crippen LogP contribution < -0.4 is 0 Å². The van der Waals surface area contributed by atoms with E-state index in [0.29, 0.717) is 22.1 Å². The molecule has 0 aliphatic carbocycles. The SMILES string of the molecule is C=C(C)C(=O)OCCOP(=O)(O)OCC[N+](C)(C)C.C=CC(=O)OCCOP(=O)(O)OCC[N+](C)(C)C. The van der Waals surface area contributed by atoms with Crippen molar-refractivity contribution in [1.82, 2.24) is 0 Å². The molecule has 0 rings (SSSR count). The topological polar surface area (TPSA) is 164 Å². The van der Waals surface area contributed by atoms with Gasteiger partial charge in [0.25, 0.3) is 0 Å². The van der Waals surface area contributed by atoms with E-state index >= 15 is 0 Å². The normalized spacial score (nSPS) is 14.8. The summed E-state index contributed by atoms with van der Waals surface area (Å²) in [7, 11) is 3.44. The maximum atomic E-state index is 11.4. The summed E-state index contributed by atoms with van der Waals surface area (Å²) in [6.07, 6.45) is 0.996. The van der Waals surface area contributed by atoms with Crippen molar-refractivity contribution in [3.8, 4) is 0 Å². The smallest absolute Gasteiger partial charge is 0.460 e. The number of nitrogens with zero attached hydrogens (tertiary/aromatic N) is 2. The molecule has 0 saturated carbocycles. The second kappa shape index (κ2) is 18.0. The number of esters is 2. The molecule has 0 aliphatic rings. The van der Waals surface area contributed by atoms with Crippen molar-refractivity contribution in [1.29, 1.82) is 0 Å². The number of carbonyl (C=O) groups excluding carboxylic acids is 2. The van der Waals surface area contributed by atoms with Crippen LogP contribution in [0.1, 0.15) is 6.92 Å². The number of likely N-dealkylation sites (N-methyl/N-ethyl adjacent to an activating group) is 2. The van der Waals surface area contributed by atoms with E-state index in [1.54, 1.807) is 0 Å². The fourth-order valence-electron chi connectivity index (χ4n) is 1.70. The molecule has 0 aromatic rings. The first-order valence-electron chi connectivity index (χ1n) is 11.2. The zero-order valence-electron chi connectivity index (χ0n) is 22.9. The predicted octanol–water partition coefficient (Wildman–Crippen LogP) is 1.50. The highest BCUT2D eigenvalue weighted by atomic mass is 31.2. The number of phosphoric acid groups is 2. The Hall–Kier alpha value is -1.44. The first kappa shape index (κ1) is 37.7. The molecule has 0 aromatic carbocycles. The lowest BCUT2D eigenvalue weighted by molar-refractivity contribution is -0.870. The summed E-state index contributed by atoms with van der Waals surface area (Å²) in [5, 5.41) is 0. The lowest BCUT2D eigenvalue weighted by atomic mass is 10.4. The Morgan fingerprint density at radius 3 is 1.41 bits per heavy atom. The summed E-state index contributed by atoms with van der Waals surface area (Å²) in [5.41, 5.74) is 0.256. The molecule has 2 unspecified atom stereocenters. The number of phosphoric ester groups is 2. The van der Waals surface area contributed by atoms with Gasteiger partial charge in [-0.15, -0.1) is 0 Å². The molecule has 0 aromatic heterocycles. The van der Waals surface area contributed by atoms with Gasteiger partial charge in [0.15, 0.2) is 0 Å². The molecular weight excluding hydrogens is 534 g/mol. The molecule has 218 valence electrons. The zero-order chi connectivity index (χ0) is 29.3. The lowest BCUT2D eigenvalue weighted by Gasteiger charge is -2.24. The van der Waals surface area contributed by atoms with Gasteiger partial charge in [0, 0.05) is 11.6 Å². The van der Waals surface area contributed by atoms with E-state index in [9.17, 15) is 28.5 Å². The zero-order valence-corrected chi connectivity index (χ0v) is 24.7. The molecule has 0 aliphatic heterocycles. The predicted molar refractivity (Wildman–Crippen MR) is 136 cm³/mol. The van der Waals surface area contributed by atoms with Gasteiger partial charge in [-0.1, -0.05) is 13.2 Å². The van der Waals surface area contributed by atoms with E-state index in [0.717, 1.165) is 6.08 Å². The van der Waals surface area contributed by atoms with Gasteiger partial charge in [-0.25, -0.2) is 18.7 Å². The fraction of sp³-hybridized carbons (Fsp3) is 0.714. The van der Waals surface area contributed by atoms with Crippen molar-refractivity contribution in [2.24, 2.45) is 0 Å². The quantitative estimate of drug-likeness (QED) is 0.0793. The summed E-state index contributed by atoms with van der Waals surface area (Å²) >= 11 is 0. The van der Waals surface area contributed by atoms with E-state index < -0.39 is 27.6 Å². The van der Waals surface area contributed by atoms with Gasteiger partial charge in [0.1, 0.15) is 39.5 Å². The van der Waals surface area contributed by atoms with Crippen LogP contribution in [0.25, 0.3) is 0 Å². The van der Waals surface area contributed by atoms with Crippen LogP contribution >= 0.6 is 15.6 Å². The van der Waals surface area contributed by atoms with E-state index in [4.69, 9.17) is 13.8 Å². The Bertz CT molecular complexity index is 821. The summed E-state index contributed by atoms with van der Waals surface area (Å²) in [6.45, 7) is 8.77. The van der Waals surface area contributed by atoms with E-state index in [1.165, 1.54) is 6.92 Å². The second-order valence-corrected chi connectivity index (χ2v) is 12.5. The van der Waals surface area contributed by atoms with Crippen LogP contribution in [-0.4, -0.2) is 126 Å². The van der Waals surface area contributed by atoms with Crippen LogP contribution in [0.15, 0.2) is 24.8 Å². The molecule has 0 bridgehead atoms. The van der Waals surface area contributed by atoms with Gasteiger partial charge >= 0.3 is 27.6 Å². The number of rotatable bonds is 18. The molecule has 0 heterocycles. The summed E-state index contributed by atoms with van der Waals surface area (Å²) in [6, 6.07) is 0. The Morgan fingerprint density at radius 2 is 1.08 bits per heavy atom. The fourth-order valence-corrected chi connectivity index (χ4v) is 3.08. The third-order valence-corrected chi connectivity index (χ3v) is 5.74. The lowest BCUT2D eigenvalue weighted by Crippen LogP contribution is -2.37. The third kappa shape index (κ3) is 27.4. The van der Waals surface area contributed by atoms with E-state index in [1.807, 2.05) is 42.3 Å². The Morgan fingerprint density at radius 1 is 0.730 bits per heavy atom. The molecule has 14 nitrogen and oxygen atoms in total. The van der Waals surface area contributed by atoms with Crippen molar-refractivity contribution >= 4 is 27.6 Å². The van der Waals surface area contributed by atoms with Crippen molar-refractivity contribution in [2.75, 3.05) is 95.0 Å². The molecular formula is C21H44N2O12P2+2. The van der Waals surface area contributed by atoms with Crippen LogP contribution in [0.5, 0.6) is 0 Å². The van der Waals surface area contributed by atoms with Gasteiger partial charge in [-0.3, -0.25) is 18.1 Å². The monoisotopic (exact) mass is 578 g/mol. The molecule has 0 fully saturated rings. The first-order chi connectivity index (χ1) is 16.7. The van der Waals surface area contributed by atoms with Gasteiger partial charge in [0.2, 0.25) is 0 Å². The molecule has 37 heavy (non-hydrogen) atoms. The highest BCUT2D eigenvalue weighted by Gasteiger charge is 2.23. The third-order valence-electron chi connectivity index (χ3n) is 3.70. The molecule has 0 spiro atoms. The molecule has 2 atom stereocenters. The van der Waals surface area contributed by atoms with Crippen molar-refractivity contribution in [3.05, 3.63) is 24.8 Å². The highest BCUT2D eigenvalue weighted by molar-refractivity contribution is 7.47. The molecule has 0 saturated heterocycles. The minimum Gasteiger partial charge on any atom is -0.460 e. The van der Waals surface area contributed by atoms with Gasteiger partial charge in [-0.05, 0) is 6.92 Å². The van der Waals surface area contributed by atoms with E-state index in [2.05, 4.69) is 26.9 Å². The molecule has 16 heteroatoms. The van der Waals surface area contributed by atoms with Crippen LogP contribution in [0.2, 0.25) is 0 Å². The summed E-state index contributed by atoms with van der Waals surface area (Å²) < 4.78 is 52.1. The maximum Gasteiger partial charge on any atom is 0.472 e. The minimum atomic E-state index is -4.09. The number of carbonyl (C=O) groups is 2. The minimum absolute atomic E-state index is 0.100. The summed E-state index contributed by atoms with van der Waals surface area (Å²) in [5.74, 6) is -1.18. The van der Waals surface area contributed by atoms with Crippen LogP contribution in [0.4, 0.5) is 0 Å². The average molecular weight is 579 g/mol. The Labute approximate surface area is 219 Å². The van der Waals surface area contributed by atoms with Gasteiger partial charge in [-0.2, -0.15) is 0 Å². The number of hydrogen-bond donors (Lipinski definition) is 2. The van der Waals surface area contributed by atoms with Crippen LogP contribution in [-0.2, 0) is 46.3 Å². The highest BCUT2D eigenvalue weighted by Crippen LogP contribution is 2.43. The molecule has 0 amide bonds. The van der Waals surface area contributed by atoms with Crippen LogP contribution in [0, 0.1) is 0 Å². The molecule has 0 radical (unpaired) electrons. The first-order valence-corrected chi connectivity index (χ1v) is 14.2. The Balaban J connectivity index is 0. The van der Waals surface area contributed by atoms with Crippen molar-refractivity contribution in [2.45, 2.75) is 6.92 Å². The molecule has 2 N–H and O–H groups in total. The number of ether oxygens (including phenoxy) is 2. The largest absolute Gasteiger partial charge is 0.472 e. The average Bonchev–Trinajstić information content (AvgIpc) is 2.72. The summed E-state index contributed by atoms with van der Waals surface area (Å²) in [4.78, 5) is 40.3. The van der Waals surface area contributed by atoms with Crippen LogP contribution in [0.3, 0.4) is 0 Å². The maximum absolute atomic E-state index is 11.4. The second-order valence-electron chi connectivity index (χ2n) is 9.59. The van der Waals surface area contributed by atoms with Gasteiger partial charge < -0.3 is 28.2 Å².